The van der Waals surface area contributed by atoms with Gasteiger partial charge in [0.1, 0.15) is 11.5 Å². The Kier molecular flexibility index (Phi) is 4.59. The fourth-order valence-corrected chi connectivity index (χ4v) is 3.71. The van der Waals surface area contributed by atoms with Crippen LogP contribution in [0.5, 0.6) is 11.5 Å². The number of fused-ring (bicyclic) bond motifs is 5. The molecule has 4 rings (SSSR count). The molecule has 6 nitrogen and oxygen atoms in total. The van der Waals surface area contributed by atoms with E-state index in [9.17, 15) is 0 Å². The summed E-state index contributed by atoms with van der Waals surface area (Å²) in [6.07, 6.45) is 0. The Bertz CT molecular complexity index is 764. The molecular weight excluding hydrogens is 332 g/mol. The number of rotatable bonds is 0. The molecule has 0 bridgehead atoms. The van der Waals surface area contributed by atoms with Crippen molar-refractivity contribution in [1.82, 2.24) is 4.90 Å². The van der Waals surface area contributed by atoms with Gasteiger partial charge in [-0.15, -0.1) is 10.1 Å². The highest BCUT2D eigenvalue weighted by Crippen LogP contribution is 2.49. The third-order valence-corrected chi connectivity index (χ3v) is 4.65. The molecule has 24 heavy (non-hydrogen) atoms. The molecule has 1 saturated heterocycles. The van der Waals surface area contributed by atoms with Crippen molar-refractivity contribution >= 4 is 11.6 Å². The van der Waals surface area contributed by atoms with Gasteiger partial charge in [-0.05, 0) is 36.9 Å². The molecule has 1 fully saturated rings. The van der Waals surface area contributed by atoms with Crippen molar-refractivity contribution in [3.63, 3.8) is 0 Å². The van der Waals surface area contributed by atoms with Gasteiger partial charge in [-0.3, -0.25) is 0 Å². The highest BCUT2D eigenvalue weighted by molar-refractivity contribution is 6.30. The average Bonchev–Trinajstić information content (AvgIpc) is 2.85. The molecule has 2 heterocycles. The molecule has 0 unspecified atom stereocenters. The molecule has 7 heteroatoms. The van der Waals surface area contributed by atoms with E-state index in [4.69, 9.17) is 31.7 Å². The van der Waals surface area contributed by atoms with Crippen molar-refractivity contribution in [3.8, 4) is 11.5 Å². The van der Waals surface area contributed by atoms with E-state index in [0.29, 0.717) is 11.8 Å². The second-order valence-corrected chi connectivity index (χ2v) is 6.43. The van der Waals surface area contributed by atoms with E-state index in [-0.39, 0.29) is 0 Å². The molecule has 0 saturated carbocycles. The molecule has 0 aromatic heterocycles. The van der Waals surface area contributed by atoms with Gasteiger partial charge < -0.3 is 14.8 Å². The van der Waals surface area contributed by atoms with Gasteiger partial charge in [0.05, 0.1) is 0 Å². The van der Waals surface area contributed by atoms with Crippen LogP contribution in [0, 0.1) is 10.1 Å². The lowest BCUT2D eigenvalue weighted by atomic mass is 9.84. The maximum absolute atomic E-state index is 8.36. The summed E-state index contributed by atoms with van der Waals surface area (Å²) < 4.78 is 6.15. The van der Waals surface area contributed by atoms with Crippen LogP contribution >= 0.6 is 11.6 Å². The first kappa shape index (κ1) is 16.5. The second kappa shape index (κ2) is 6.67. The lowest BCUT2D eigenvalue weighted by Gasteiger charge is -2.17. The monoisotopic (exact) mass is 348 g/mol. The third-order valence-electron chi connectivity index (χ3n) is 4.41. The van der Waals surface area contributed by atoms with Crippen molar-refractivity contribution < 1.29 is 15.0 Å². The molecule has 2 aromatic carbocycles. The van der Waals surface area contributed by atoms with Crippen molar-refractivity contribution in [3.05, 3.63) is 68.7 Å². The maximum Gasteiger partial charge on any atom is 0.291 e. The standard InChI is InChI=1S/C17H16ClNO.HNO3/c1-19-9-14-12-4-2-3-5-16(12)20-17-7-6-11(18)8-13(17)15(14)10-19;2-1(3)4/h2-8,14-15H,9-10H2,1H3;(H,2,3,4)/t14-,15-;/m0./s1. The van der Waals surface area contributed by atoms with Crippen molar-refractivity contribution in [2.45, 2.75) is 11.8 Å². The third kappa shape index (κ3) is 3.29. The number of hydrogen-bond donors (Lipinski definition) is 1. The topological polar surface area (TPSA) is 75.8 Å². The van der Waals surface area contributed by atoms with Gasteiger partial charge >= 0.3 is 0 Å². The summed E-state index contributed by atoms with van der Waals surface area (Å²) >= 11 is 6.20. The summed E-state index contributed by atoms with van der Waals surface area (Å²) in [5, 5.41) is 14.4. The van der Waals surface area contributed by atoms with Crippen LogP contribution in [-0.2, 0) is 0 Å². The molecular formula is C17H17ClN2O4. The number of benzene rings is 2. The predicted molar refractivity (Wildman–Crippen MR) is 89.7 cm³/mol. The first-order valence-electron chi connectivity index (χ1n) is 7.53. The van der Waals surface area contributed by atoms with E-state index in [1.54, 1.807) is 0 Å². The van der Waals surface area contributed by atoms with Crippen LogP contribution < -0.4 is 4.74 Å². The molecule has 0 aliphatic carbocycles. The summed E-state index contributed by atoms with van der Waals surface area (Å²) in [7, 11) is 2.18. The number of hydrogen-bond acceptors (Lipinski definition) is 4. The normalized spacial score (nSPS) is 21.2. The van der Waals surface area contributed by atoms with Gasteiger partial charge in [0.15, 0.2) is 0 Å². The Hall–Kier alpha value is -2.31. The summed E-state index contributed by atoms with van der Waals surface area (Å²) in [6.45, 7) is 2.12. The second-order valence-electron chi connectivity index (χ2n) is 5.99. The molecule has 2 aromatic rings. The van der Waals surface area contributed by atoms with Crippen LogP contribution in [0.1, 0.15) is 23.0 Å². The van der Waals surface area contributed by atoms with Crippen LogP contribution in [0.3, 0.4) is 0 Å². The van der Waals surface area contributed by atoms with Gasteiger partial charge in [0, 0.05) is 35.5 Å². The minimum atomic E-state index is -1.50. The van der Waals surface area contributed by atoms with Gasteiger partial charge in [-0.25, -0.2) is 0 Å². The summed E-state index contributed by atoms with van der Waals surface area (Å²) in [4.78, 5) is 10.8. The fraction of sp³-hybridized carbons (Fsp3) is 0.294. The van der Waals surface area contributed by atoms with Gasteiger partial charge in [0.25, 0.3) is 5.09 Å². The Morgan fingerprint density at radius 1 is 1.17 bits per heavy atom. The van der Waals surface area contributed by atoms with Crippen LogP contribution in [0.2, 0.25) is 5.02 Å². The van der Waals surface area contributed by atoms with Crippen molar-refractivity contribution in [2.75, 3.05) is 20.1 Å². The maximum atomic E-state index is 8.36. The van der Waals surface area contributed by atoms with E-state index in [0.717, 1.165) is 29.6 Å². The molecule has 2 atom stereocenters. The van der Waals surface area contributed by atoms with E-state index >= 15 is 0 Å². The molecule has 2 aliphatic heterocycles. The minimum Gasteiger partial charge on any atom is -0.457 e. The van der Waals surface area contributed by atoms with E-state index in [1.165, 1.54) is 11.1 Å². The fourth-order valence-electron chi connectivity index (χ4n) is 3.53. The number of para-hydroxylation sites is 1. The number of likely N-dealkylation sites (N-methyl/N-ethyl adjacent to an activating group) is 1. The zero-order valence-corrected chi connectivity index (χ0v) is 13.8. The summed E-state index contributed by atoms with van der Waals surface area (Å²) in [6, 6.07) is 14.4. The van der Waals surface area contributed by atoms with Crippen molar-refractivity contribution in [2.24, 2.45) is 0 Å². The molecule has 2 aliphatic rings. The number of nitrogens with zero attached hydrogens (tertiary/aromatic N) is 2. The SMILES string of the molecule is CN1C[C@H]2c3ccccc3Oc3ccc(Cl)cc3[C@@H]2C1.O=[N+]([O-])O. The van der Waals surface area contributed by atoms with Crippen LogP contribution in [0.4, 0.5) is 0 Å². The minimum absolute atomic E-state index is 0.456. The first-order valence-corrected chi connectivity index (χ1v) is 7.91. The average molecular weight is 349 g/mol. The smallest absolute Gasteiger partial charge is 0.291 e. The molecule has 0 spiro atoms. The largest absolute Gasteiger partial charge is 0.457 e. The lowest BCUT2D eigenvalue weighted by Crippen LogP contribution is -2.14. The van der Waals surface area contributed by atoms with E-state index in [2.05, 4.69) is 36.2 Å². The molecule has 0 amide bonds. The van der Waals surface area contributed by atoms with Gasteiger partial charge in [0.2, 0.25) is 0 Å². The molecule has 0 radical (unpaired) electrons. The number of halogens is 1. The Morgan fingerprint density at radius 3 is 2.46 bits per heavy atom. The van der Waals surface area contributed by atoms with Gasteiger partial charge in [-0.2, -0.15) is 0 Å². The number of likely N-dealkylation sites (tertiary alicyclic amines) is 1. The van der Waals surface area contributed by atoms with Gasteiger partial charge in [-0.1, -0.05) is 29.8 Å². The molecule has 126 valence electrons. The highest BCUT2D eigenvalue weighted by Gasteiger charge is 2.38. The molecule has 1 N–H and O–H groups in total. The van der Waals surface area contributed by atoms with Crippen molar-refractivity contribution in [1.29, 1.82) is 0 Å². The summed E-state index contributed by atoms with van der Waals surface area (Å²) in [5.74, 6) is 2.87. The Labute approximate surface area is 144 Å². The zero-order valence-electron chi connectivity index (χ0n) is 13.1. The zero-order chi connectivity index (χ0) is 17.3. The van der Waals surface area contributed by atoms with E-state index in [1.807, 2.05) is 18.2 Å². The first-order chi connectivity index (χ1) is 11.5. The lowest BCUT2D eigenvalue weighted by molar-refractivity contribution is -0.742. The van der Waals surface area contributed by atoms with Crippen LogP contribution in [-0.4, -0.2) is 35.3 Å². The highest BCUT2D eigenvalue weighted by atomic mass is 35.5. The Balaban J connectivity index is 0.000000383. The Morgan fingerprint density at radius 2 is 1.75 bits per heavy atom. The quantitative estimate of drug-likeness (QED) is 0.577. The van der Waals surface area contributed by atoms with E-state index < -0.39 is 5.09 Å². The summed E-state index contributed by atoms with van der Waals surface area (Å²) in [5.41, 5.74) is 2.55. The predicted octanol–water partition coefficient (Wildman–Crippen LogP) is 3.91. The van der Waals surface area contributed by atoms with Crippen LogP contribution in [0.25, 0.3) is 0 Å². The number of ether oxygens (including phenoxy) is 1. The van der Waals surface area contributed by atoms with Crippen LogP contribution in [0.15, 0.2) is 42.5 Å².